The average molecular weight is 460 g/mol. The molecule has 1 atom stereocenters. The molecule has 168 valence electrons. The Balaban J connectivity index is 1.65. The molecule has 0 fully saturated rings. The molecule has 33 heavy (non-hydrogen) atoms. The number of carbonyl (C=O) groups excluding carboxylic acids is 1. The molecule has 1 heterocycles. The molecule has 0 aliphatic heterocycles. The third kappa shape index (κ3) is 5.15. The van der Waals surface area contributed by atoms with Gasteiger partial charge in [-0.15, -0.1) is 0 Å². The summed E-state index contributed by atoms with van der Waals surface area (Å²) in [4.78, 5) is 14.7. The number of nitrogens with zero attached hydrogens (tertiary/aromatic N) is 3. The lowest BCUT2D eigenvalue weighted by molar-refractivity contribution is 0.0964. The Hall–Kier alpha value is -3.44. The second kappa shape index (κ2) is 10.0. The first-order valence-electron chi connectivity index (χ1n) is 10.9. The summed E-state index contributed by atoms with van der Waals surface area (Å²) in [5.41, 5.74) is 4.40. The fourth-order valence-electron chi connectivity index (χ4n) is 3.73. The minimum Gasteiger partial charge on any atom is -0.497 e. The molecule has 0 radical (unpaired) electrons. The number of carbonyl (C=O) groups is 1. The van der Waals surface area contributed by atoms with Gasteiger partial charge in [0.15, 0.2) is 5.78 Å². The van der Waals surface area contributed by atoms with Crippen LogP contribution < -0.4 is 4.74 Å². The van der Waals surface area contributed by atoms with Gasteiger partial charge in [0.05, 0.1) is 13.3 Å². The summed E-state index contributed by atoms with van der Waals surface area (Å²) in [6.07, 6.45) is 1.91. The van der Waals surface area contributed by atoms with Gasteiger partial charge in [-0.1, -0.05) is 67.9 Å². The molecular formula is C27H26ClN3O2. The van der Waals surface area contributed by atoms with Crippen molar-refractivity contribution in [1.82, 2.24) is 15.0 Å². The highest BCUT2D eigenvalue weighted by Crippen LogP contribution is 2.30. The van der Waals surface area contributed by atoms with E-state index in [1.54, 1.807) is 42.4 Å². The standard InChI is InChI=1S/C27H26ClN3O2/c1-18(2)19-8-10-20(11-9-19)25-17-29-31(30-25)26(23-6-4-5-7-24(23)28)16-27(32)21-12-14-22(33-3)15-13-21/h4-15,17-18,26H,16H2,1-3H3. The molecule has 0 N–H and O–H groups in total. The second-order valence-electron chi connectivity index (χ2n) is 8.22. The van der Waals surface area contributed by atoms with E-state index in [0.29, 0.717) is 22.3 Å². The summed E-state index contributed by atoms with van der Waals surface area (Å²) in [5, 5.41) is 9.81. The molecule has 0 saturated carbocycles. The van der Waals surface area contributed by atoms with Gasteiger partial charge in [0.1, 0.15) is 17.5 Å². The first kappa shape index (κ1) is 22.7. The Morgan fingerprint density at radius 3 is 2.33 bits per heavy atom. The van der Waals surface area contributed by atoms with Gasteiger partial charge in [0.2, 0.25) is 0 Å². The summed E-state index contributed by atoms with van der Waals surface area (Å²) in [7, 11) is 1.60. The molecule has 6 heteroatoms. The molecule has 0 bridgehead atoms. The molecule has 4 rings (SSSR count). The van der Waals surface area contributed by atoms with E-state index in [0.717, 1.165) is 16.8 Å². The molecule has 0 aliphatic rings. The number of rotatable bonds is 8. The highest BCUT2D eigenvalue weighted by atomic mass is 35.5. The number of aromatic nitrogens is 3. The molecule has 0 spiro atoms. The third-order valence-electron chi connectivity index (χ3n) is 5.72. The zero-order valence-corrected chi connectivity index (χ0v) is 19.7. The molecular weight excluding hydrogens is 434 g/mol. The monoisotopic (exact) mass is 459 g/mol. The zero-order chi connectivity index (χ0) is 23.4. The molecule has 5 nitrogen and oxygen atoms in total. The van der Waals surface area contributed by atoms with E-state index in [2.05, 4.69) is 43.2 Å². The highest BCUT2D eigenvalue weighted by molar-refractivity contribution is 6.31. The quantitative estimate of drug-likeness (QED) is 0.279. The predicted molar refractivity (Wildman–Crippen MR) is 131 cm³/mol. The Bertz CT molecular complexity index is 1230. The van der Waals surface area contributed by atoms with Crippen molar-refractivity contribution >= 4 is 17.4 Å². The van der Waals surface area contributed by atoms with Crippen molar-refractivity contribution in [1.29, 1.82) is 0 Å². The van der Waals surface area contributed by atoms with Crippen LogP contribution in [0.25, 0.3) is 11.3 Å². The first-order valence-corrected chi connectivity index (χ1v) is 11.3. The fourth-order valence-corrected chi connectivity index (χ4v) is 3.99. The van der Waals surface area contributed by atoms with Gasteiger partial charge in [-0.3, -0.25) is 4.79 Å². The van der Waals surface area contributed by atoms with E-state index in [4.69, 9.17) is 21.4 Å². The summed E-state index contributed by atoms with van der Waals surface area (Å²) in [5.74, 6) is 1.14. The minimum absolute atomic E-state index is 0.0253. The van der Waals surface area contributed by atoms with E-state index in [-0.39, 0.29) is 12.2 Å². The lowest BCUT2D eigenvalue weighted by Gasteiger charge is -2.17. The van der Waals surface area contributed by atoms with Crippen LogP contribution in [0.15, 0.2) is 79.0 Å². The topological polar surface area (TPSA) is 57.0 Å². The molecule has 0 saturated heterocycles. The van der Waals surface area contributed by atoms with Gasteiger partial charge < -0.3 is 4.74 Å². The van der Waals surface area contributed by atoms with Gasteiger partial charge in [0, 0.05) is 22.6 Å². The minimum atomic E-state index is -0.433. The Morgan fingerprint density at radius 2 is 1.70 bits per heavy atom. The largest absolute Gasteiger partial charge is 0.497 e. The normalized spacial score (nSPS) is 12.0. The van der Waals surface area contributed by atoms with Crippen molar-refractivity contribution in [3.63, 3.8) is 0 Å². The average Bonchev–Trinajstić information content (AvgIpc) is 3.33. The number of ether oxygens (including phenoxy) is 1. The summed E-state index contributed by atoms with van der Waals surface area (Å²) in [6.45, 7) is 4.33. The molecule has 0 aliphatic carbocycles. The van der Waals surface area contributed by atoms with Crippen molar-refractivity contribution in [3.8, 4) is 17.0 Å². The van der Waals surface area contributed by atoms with Gasteiger partial charge in [-0.05, 0) is 47.4 Å². The second-order valence-corrected chi connectivity index (χ2v) is 8.63. The van der Waals surface area contributed by atoms with Crippen LogP contribution in [-0.4, -0.2) is 27.9 Å². The van der Waals surface area contributed by atoms with Crippen LogP contribution in [0, 0.1) is 0 Å². The number of halogens is 1. The van der Waals surface area contributed by atoms with Crippen LogP contribution in [-0.2, 0) is 0 Å². The number of benzene rings is 3. The van der Waals surface area contributed by atoms with Gasteiger partial charge in [-0.2, -0.15) is 15.0 Å². The number of Topliss-reactive ketones (excluding diaryl/α,β-unsaturated/α-hetero) is 1. The van der Waals surface area contributed by atoms with Gasteiger partial charge in [-0.25, -0.2) is 0 Å². The smallest absolute Gasteiger partial charge is 0.165 e. The number of hydrogen-bond donors (Lipinski definition) is 0. The Morgan fingerprint density at radius 1 is 1.00 bits per heavy atom. The SMILES string of the molecule is COc1ccc(C(=O)CC(c2ccccc2Cl)n2ncc(-c3ccc(C(C)C)cc3)n2)cc1. The molecule has 4 aromatic rings. The van der Waals surface area contributed by atoms with Crippen molar-refractivity contribution in [2.45, 2.75) is 32.2 Å². The van der Waals surface area contributed by atoms with Crippen molar-refractivity contribution in [2.75, 3.05) is 7.11 Å². The number of methoxy groups -OCH3 is 1. The molecule has 0 amide bonds. The predicted octanol–water partition coefficient (Wildman–Crippen LogP) is 6.59. The highest BCUT2D eigenvalue weighted by Gasteiger charge is 2.23. The van der Waals surface area contributed by atoms with Crippen LogP contribution >= 0.6 is 11.6 Å². The van der Waals surface area contributed by atoms with E-state index < -0.39 is 6.04 Å². The van der Waals surface area contributed by atoms with E-state index in [1.165, 1.54) is 5.56 Å². The summed E-state index contributed by atoms with van der Waals surface area (Å²) < 4.78 is 5.20. The molecule has 3 aromatic carbocycles. The van der Waals surface area contributed by atoms with Gasteiger partial charge >= 0.3 is 0 Å². The van der Waals surface area contributed by atoms with E-state index in [9.17, 15) is 4.79 Å². The fraction of sp³-hybridized carbons (Fsp3) is 0.222. The lowest BCUT2D eigenvalue weighted by atomic mass is 9.98. The third-order valence-corrected chi connectivity index (χ3v) is 6.06. The number of hydrogen-bond acceptors (Lipinski definition) is 4. The zero-order valence-electron chi connectivity index (χ0n) is 18.9. The Kier molecular flexibility index (Phi) is 6.90. The van der Waals surface area contributed by atoms with Crippen LogP contribution in [0.3, 0.4) is 0 Å². The summed E-state index contributed by atoms with van der Waals surface area (Å²) in [6, 6.07) is 22.5. The summed E-state index contributed by atoms with van der Waals surface area (Å²) >= 11 is 6.51. The Labute approximate surface area is 199 Å². The van der Waals surface area contributed by atoms with E-state index >= 15 is 0 Å². The van der Waals surface area contributed by atoms with E-state index in [1.807, 2.05) is 24.3 Å². The van der Waals surface area contributed by atoms with Gasteiger partial charge in [0.25, 0.3) is 0 Å². The maximum Gasteiger partial charge on any atom is 0.165 e. The van der Waals surface area contributed by atoms with Crippen molar-refractivity contribution in [3.05, 3.63) is 101 Å². The van der Waals surface area contributed by atoms with Crippen LogP contribution in [0.5, 0.6) is 5.75 Å². The van der Waals surface area contributed by atoms with Crippen LogP contribution in [0.2, 0.25) is 5.02 Å². The van der Waals surface area contributed by atoms with Crippen LogP contribution in [0.1, 0.15) is 53.7 Å². The van der Waals surface area contributed by atoms with Crippen molar-refractivity contribution in [2.24, 2.45) is 0 Å². The maximum atomic E-state index is 13.1. The lowest BCUT2D eigenvalue weighted by Crippen LogP contribution is -2.18. The van der Waals surface area contributed by atoms with Crippen LogP contribution in [0.4, 0.5) is 0 Å². The van der Waals surface area contributed by atoms with Crippen molar-refractivity contribution < 1.29 is 9.53 Å². The number of ketones is 1. The first-order chi connectivity index (χ1) is 16.0. The molecule has 1 aromatic heterocycles. The molecule has 1 unspecified atom stereocenters. The maximum absolute atomic E-state index is 13.1.